The Kier molecular flexibility index (Phi) is 7.60. The van der Waals surface area contributed by atoms with Crippen molar-refractivity contribution in [2.45, 2.75) is 27.7 Å². The fraction of sp³-hybridized carbons (Fsp3) is 0.500. The zero-order valence-electron chi connectivity index (χ0n) is 16.4. The van der Waals surface area contributed by atoms with E-state index in [0.717, 1.165) is 41.6 Å². The molecule has 26 heavy (non-hydrogen) atoms. The van der Waals surface area contributed by atoms with E-state index in [9.17, 15) is 4.79 Å². The molecule has 2 rings (SSSR count). The van der Waals surface area contributed by atoms with Gasteiger partial charge in [0.05, 0.1) is 17.9 Å². The number of benzene rings is 1. The van der Waals surface area contributed by atoms with Crippen LogP contribution in [0.2, 0.25) is 0 Å². The van der Waals surface area contributed by atoms with Crippen LogP contribution in [0.3, 0.4) is 0 Å². The molecule has 0 spiro atoms. The second kappa shape index (κ2) is 9.69. The summed E-state index contributed by atoms with van der Waals surface area (Å²) in [5.74, 6) is 0.838. The molecular formula is C20H29N3O2S. The number of rotatable bonds is 9. The quantitative estimate of drug-likeness (QED) is 0.666. The van der Waals surface area contributed by atoms with Gasteiger partial charge in [0.1, 0.15) is 15.6 Å². The van der Waals surface area contributed by atoms with Crippen molar-refractivity contribution >= 4 is 17.2 Å². The molecule has 0 aliphatic rings. The monoisotopic (exact) mass is 375 g/mol. The van der Waals surface area contributed by atoms with Gasteiger partial charge in [0, 0.05) is 20.1 Å². The molecule has 142 valence electrons. The summed E-state index contributed by atoms with van der Waals surface area (Å²) in [6.45, 7) is 12.3. The van der Waals surface area contributed by atoms with Gasteiger partial charge in [-0.1, -0.05) is 26.0 Å². The summed E-state index contributed by atoms with van der Waals surface area (Å²) in [6.07, 6.45) is 0. The van der Waals surface area contributed by atoms with Gasteiger partial charge in [0.2, 0.25) is 0 Å². The van der Waals surface area contributed by atoms with E-state index in [1.54, 1.807) is 4.90 Å². The minimum absolute atomic E-state index is 0.0345. The minimum atomic E-state index is 0.0345. The second-order valence-corrected chi connectivity index (χ2v) is 7.12. The fourth-order valence-corrected chi connectivity index (χ4v) is 3.83. The van der Waals surface area contributed by atoms with Gasteiger partial charge < -0.3 is 14.5 Å². The molecule has 0 aliphatic heterocycles. The number of para-hydroxylation sites is 1. The summed E-state index contributed by atoms with van der Waals surface area (Å²) in [4.78, 5) is 22.3. The average Bonchev–Trinajstić information content (AvgIpc) is 3.04. The lowest BCUT2D eigenvalue weighted by Gasteiger charge is -2.22. The molecule has 0 radical (unpaired) electrons. The predicted octanol–water partition coefficient (Wildman–Crippen LogP) is 3.93. The molecule has 1 amide bonds. The highest BCUT2D eigenvalue weighted by Crippen LogP contribution is 2.34. The van der Waals surface area contributed by atoms with Crippen LogP contribution >= 0.6 is 11.3 Å². The van der Waals surface area contributed by atoms with E-state index in [-0.39, 0.29) is 5.91 Å². The Bertz CT molecular complexity index is 726. The van der Waals surface area contributed by atoms with Crippen molar-refractivity contribution in [3.05, 3.63) is 34.8 Å². The van der Waals surface area contributed by atoms with E-state index >= 15 is 0 Å². The number of carbonyl (C=O) groups excluding carboxylic acids is 1. The lowest BCUT2D eigenvalue weighted by Crippen LogP contribution is -2.36. The number of ether oxygens (including phenoxy) is 1. The highest BCUT2D eigenvalue weighted by atomic mass is 32.1. The summed E-state index contributed by atoms with van der Waals surface area (Å²) >= 11 is 1.44. The molecule has 0 N–H and O–H groups in total. The maximum Gasteiger partial charge on any atom is 0.265 e. The first kappa shape index (κ1) is 20.4. The smallest absolute Gasteiger partial charge is 0.265 e. The highest BCUT2D eigenvalue weighted by molar-refractivity contribution is 7.17. The van der Waals surface area contributed by atoms with Gasteiger partial charge in [0.15, 0.2) is 0 Å². The van der Waals surface area contributed by atoms with Crippen molar-refractivity contribution in [2.24, 2.45) is 0 Å². The van der Waals surface area contributed by atoms with Crippen molar-refractivity contribution in [1.82, 2.24) is 14.8 Å². The Morgan fingerprint density at radius 3 is 2.50 bits per heavy atom. The van der Waals surface area contributed by atoms with Gasteiger partial charge >= 0.3 is 0 Å². The Morgan fingerprint density at radius 1 is 1.15 bits per heavy atom. The first-order valence-electron chi connectivity index (χ1n) is 9.19. The van der Waals surface area contributed by atoms with Crippen LogP contribution in [0.5, 0.6) is 5.75 Å². The first-order valence-corrected chi connectivity index (χ1v) is 10.0. The lowest BCUT2D eigenvalue weighted by molar-refractivity contribution is 0.0783. The van der Waals surface area contributed by atoms with E-state index < -0.39 is 0 Å². The van der Waals surface area contributed by atoms with Crippen LogP contribution in [0.15, 0.2) is 24.3 Å². The van der Waals surface area contributed by atoms with Crippen LogP contribution in [-0.2, 0) is 0 Å². The molecule has 2 aromatic rings. The van der Waals surface area contributed by atoms with E-state index in [4.69, 9.17) is 4.74 Å². The molecule has 0 atom stereocenters. The molecule has 0 saturated carbocycles. The number of aromatic nitrogens is 1. The number of aryl methyl sites for hydroxylation is 1. The number of hydrogen-bond donors (Lipinski definition) is 0. The summed E-state index contributed by atoms with van der Waals surface area (Å²) < 4.78 is 5.70. The third kappa shape index (κ3) is 4.83. The average molecular weight is 376 g/mol. The maximum atomic E-state index is 12.9. The summed E-state index contributed by atoms with van der Waals surface area (Å²) in [5, 5.41) is 0.826. The zero-order valence-corrected chi connectivity index (χ0v) is 17.2. The molecule has 6 heteroatoms. The van der Waals surface area contributed by atoms with Crippen LogP contribution < -0.4 is 4.74 Å². The molecule has 0 saturated heterocycles. The Balaban J connectivity index is 2.18. The third-order valence-corrected chi connectivity index (χ3v) is 5.58. The molecule has 1 aromatic carbocycles. The van der Waals surface area contributed by atoms with E-state index in [0.29, 0.717) is 18.0 Å². The first-order chi connectivity index (χ1) is 12.5. The van der Waals surface area contributed by atoms with Gasteiger partial charge in [-0.25, -0.2) is 4.98 Å². The number of likely N-dealkylation sites (N-methyl/N-ethyl adjacent to an activating group) is 2. The lowest BCUT2D eigenvalue weighted by atomic mass is 10.2. The molecule has 0 fully saturated rings. The fourth-order valence-electron chi connectivity index (χ4n) is 2.74. The summed E-state index contributed by atoms with van der Waals surface area (Å²) in [7, 11) is 1.86. The zero-order chi connectivity index (χ0) is 19.1. The number of nitrogens with zero attached hydrogens (tertiary/aromatic N) is 3. The largest absolute Gasteiger partial charge is 0.493 e. The number of amides is 1. The van der Waals surface area contributed by atoms with Crippen molar-refractivity contribution in [3.8, 4) is 16.3 Å². The van der Waals surface area contributed by atoms with Gasteiger partial charge in [0.25, 0.3) is 5.91 Å². The van der Waals surface area contributed by atoms with Crippen molar-refractivity contribution in [1.29, 1.82) is 0 Å². The minimum Gasteiger partial charge on any atom is -0.493 e. The second-order valence-electron chi connectivity index (χ2n) is 6.12. The normalized spacial score (nSPS) is 11.0. The number of carbonyl (C=O) groups is 1. The standard InChI is InChI=1S/C20H29N3O2S/c1-6-23(7-2)14-13-22(5)20(24)18-15(4)21-19(26-18)16-11-9-10-12-17(16)25-8-3/h9-12H,6-8,13-14H2,1-5H3. The molecular weight excluding hydrogens is 346 g/mol. The molecule has 0 unspecified atom stereocenters. The highest BCUT2D eigenvalue weighted by Gasteiger charge is 2.21. The van der Waals surface area contributed by atoms with Gasteiger partial charge in [-0.3, -0.25) is 4.79 Å². The molecule has 5 nitrogen and oxygen atoms in total. The summed E-state index contributed by atoms with van der Waals surface area (Å²) in [5.41, 5.74) is 1.71. The number of thiazole rings is 1. The summed E-state index contributed by atoms with van der Waals surface area (Å²) in [6, 6.07) is 7.84. The topological polar surface area (TPSA) is 45.7 Å². The van der Waals surface area contributed by atoms with Crippen LogP contribution in [0.1, 0.15) is 36.1 Å². The van der Waals surface area contributed by atoms with Crippen LogP contribution in [0.25, 0.3) is 10.6 Å². The van der Waals surface area contributed by atoms with Crippen molar-refractivity contribution in [3.63, 3.8) is 0 Å². The maximum absolute atomic E-state index is 12.9. The molecule has 1 aromatic heterocycles. The van der Waals surface area contributed by atoms with Crippen LogP contribution in [0, 0.1) is 6.92 Å². The molecule has 0 bridgehead atoms. The Hall–Kier alpha value is -1.92. The number of hydrogen-bond acceptors (Lipinski definition) is 5. The van der Waals surface area contributed by atoms with E-state index in [2.05, 4.69) is 23.7 Å². The Labute approximate surface area is 160 Å². The Morgan fingerprint density at radius 2 is 1.85 bits per heavy atom. The molecule has 0 aliphatic carbocycles. The van der Waals surface area contributed by atoms with E-state index in [1.807, 2.05) is 45.2 Å². The third-order valence-electron chi connectivity index (χ3n) is 4.40. The van der Waals surface area contributed by atoms with Gasteiger partial charge in [-0.05, 0) is 39.1 Å². The SMILES string of the molecule is CCOc1ccccc1-c1nc(C)c(C(=O)N(C)CCN(CC)CC)s1. The van der Waals surface area contributed by atoms with E-state index in [1.165, 1.54) is 11.3 Å². The van der Waals surface area contributed by atoms with Crippen LogP contribution in [0.4, 0.5) is 0 Å². The van der Waals surface area contributed by atoms with Gasteiger partial charge in [-0.2, -0.15) is 0 Å². The predicted molar refractivity (Wildman–Crippen MR) is 108 cm³/mol. The van der Waals surface area contributed by atoms with Crippen molar-refractivity contribution < 1.29 is 9.53 Å². The van der Waals surface area contributed by atoms with Crippen molar-refractivity contribution in [2.75, 3.05) is 39.8 Å². The van der Waals surface area contributed by atoms with Gasteiger partial charge in [-0.15, -0.1) is 11.3 Å². The molecule has 1 heterocycles. The van der Waals surface area contributed by atoms with Crippen LogP contribution in [-0.4, -0.2) is 60.5 Å².